The number of carbonyl (C=O) groups is 1. The van der Waals surface area contributed by atoms with Crippen LogP contribution in [0.15, 0.2) is 24.3 Å². The smallest absolute Gasteiger partial charge is 0.358 e. The van der Waals surface area contributed by atoms with E-state index in [1.54, 1.807) is 22.9 Å². The third kappa shape index (κ3) is 1.86. The summed E-state index contributed by atoms with van der Waals surface area (Å²) in [6.07, 6.45) is 1.96. The fraction of sp³-hybridized carbons (Fsp3) is 0.250. The lowest BCUT2D eigenvalue weighted by atomic mass is 10.2. The van der Waals surface area contributed by atoms with Crippen molar-refractivity contribution in [3.05, 3.63) is 40.7 Å². The molecule has 0 radical (unpaired) electrons. The summed E-state index contributed by atoms with van der Waals surface area (Å²) in [5.41, 5.74) is 1.45. The number of nitrogens with zero attached hydrogens (tertiary/aromatic N) is 3. The standard InChI is InChI=1S/C12H10ClN3O2/c13-8-2-1-3-9(6-8)16-11(7-4-5-7)10(12(17)18)14-15-16/h1-3,6-7H,4-5H2,(H,17,18). The zero-order valence-electron chi connectivity index (χ0n) is 9.38. The molecule has 18 heavy (non-hydrogen) atoms. The topological polar surface area (TPSA) is 68.0 Å². The number of carboxylic acids is 1. The van der Waals surface area contributed by atoms with Crippen LogP contribution in [0.2, 0.25) is 5.02 Å². The van der Waals surface area contributed by atoms with E-state index in [0.29, 0.717) is 10.7 Å². The van der Waals surface area contributed by atoms with E-state index in [2.05, 4.69) is 10.3 Å². The lowest BCUT2D eigenvalue weighted by Crippen LogP contribution is -2.05. The van der Waals surface area contributed by atoms with Crippen molar-refractivity contribution in [3.8, 4) is 5.69 Å². The summed E-state index contributed by atoms with van der Waals surface area (Å²) >= 11 is 5.93. The van der Waals surface area contributed by atoms with Gasteiger partial charge in [-0.25, -0.2) is 9.48 Å². The normalized spacial score (nSPS) is 14.7. The molecule has 1 aliphatic rings. The molecule has 0 aliphatic heterocycles. The predicted octanol–water partition coefficient (Wildman–Crippen LogP) is 2.50. The van der Waals surface area contributed by atoms with Gasteiger partial charge in [0.25, 0.3) is 0 Å². The highest BCUT2D eigenvalue weighted by Gasteiger charge is 2.34. The third-order valence-electron chi connectivity index (χ3n) is 2.92. The van der Waals surface area contributed by atoms with Gasteiger partial charge in [0.05, 0.1) is 11.4 Å². The van der Waals surface area contributed by atoms with Crippen LogP contribution in [0.1, 0.15) is 34.9 Å². The zero-order valence-corrected chi connectivity index (χ0v) is 10.1. The van der Waals surface area contributed by atoms with Crippen LogP contribution in [-0.2, 0) is 0 Å². The maximum absolute atomic E-state index is 11.1. The van der Waals surface area contributed by atoms with Gasteiger partial charge in [0.15, 0.2) is 5.69 Å². The molecule has 5 nitrogen and oxygen atoms in total. The van der Waals surface area contributed by atoms with Crippen molar-refractivity contribution in [2.45, 2.75) is 18.8 Å². The Labute approximate surface area is 108 Å². The van der Waals surface area contributed by atoms with Gasteiger partial charge in [-0.15, -0.1) is 5.10 Å². The van der Waals surface area contributed by atoms with E-state index in [1.807, 2.05) is 6.07 Å². The molecule has 1 N–H and O–H groups in total. The van der Waals surface area contributed by atoms with Crippen molar-refractivity contribution in [1.82, 2.24) is 15.0 Å². The Morgan fingerprint density at radius 2 is 2.22 bits per heavy atom. The Morgan fingerprint density at radius 3 is 2.83 bits per heavy atom. The summed E-state index contributed by atoms with van der Waals surface area (Å²) in [6, 6.07) is 7.14. The molecule has 0 unspecified atom stereocenters. The minimum atomic E-state index is -1.04. The number of rotatable bonds is 3. The predicted molar refractivity (Wildman–Crippen MR) is 65.3 cm³/mol. The molecule has 3 rings (SSSR count). The van der Waals surface area contributed by atoms with Gasteiger partial charge >= 0.3 is 5.97 Å². The second-order valence-electron chi connectivity index (χ2n) is 4.29. The van der Waals surface area contributed by atoms with E-state index >= 15 is 0 Å². The number of benzene rings is 1. The first-order chi connectivity index (χ1) is 8.66. The molecule has 0 spiro atoms. The number of hydrogen-bond acceptors (Lipinski definition) is 3. The lowest BCUT2D eigenvalue weighted by Gasteiger charge is -2.05. The van der Waals surface area contributed by atoms with Crippen LogP contribution in [0, 0.1) is 0 Å². The lowest BCUT2D eigenvalue weighted by molar-refractivity contribution is 0.0689. The van der Waals surface area contributed by atoms with Crippen molar-refractivity contribution >= 4 is 17.6 Å². The molecule has 1 saturated carbocycles. The summed E-state index contributed by atoms with van der Waals surface area (Å²) in [6.45, 7) is 0. The molecule has 1 heterocycles. The molecule has 1 aliphatic carbocycles. The zero-order chi connectivity index (χ0) is 12.7. The van der Waals surface area contributed by atoms with Gasteiger partial charge < -0.3 is 5.11 Å². The van der Waals surface area contributed by atoms with E-state index in [9.17, 15) is 4.79 Å². The molecule has 92 valence electrons. The van der Waals surface area contributed by atoms with E-state index in [-0.39, 0.29) is 11.6 Å². The largest absolute Gasteiger partial charge is 0.476 e. The SMILES string of the molecule is O=C(O)c1nnn(-c2cccc(Cl)c2)c1C1CC1. The number of carboxylic acid groups (broad SMARTS) is 1. The van der Waals surface area contributed by atoms with Crippen molar-refractivity contribution in [2.24, 2.45) is 0 Å². The number of halogens is 1. The maximum atomic E-state index is 11.1. The first kappa shape index (κ1) is 11.2. The molecule has 1 fully saturated rings. The highest BCUT2D eigenvalue weighted by atomic mass is 35.5. The van der Waals surface area contributed by atoms with E-state index in [1.165, 1.54) is 0 Å². The molecule has 6 heteroatoms. The Hall–Kier alpha value is -1.88. The Kier molecular flexibility index (Phi) is 2.56. The fourth-order valence-electron chi connectivity index (χ4n) is 1.96. The van der Waals surface area contributed by atoms with Crippen LogP contribution < -0.4 is 0 Å². The Morgan fingerprint density at radius 1 is 1.44 bits per heavy atom. The molecule has 0 atom stereocenters. The highest BCUT2D eigenvalue weighted by Crippen LogP contribution is 2.42. The highest BCUT2D eigenvalue weighted by molar-refractivity contribution is 6.30. The first-order valence-electron chi connectivity index (χ1n) is 5.61. The van der Waals surface area contributed by atoms with Crippen LogP contribution in [0.4, 0.5) is 0 Å². The van der Waals surface area contributed by atoms with Crippen molar-refractivity contribution in [2.75, 3.05) is 0 Å². The Bertz CT molecular complexity index is 620. The second kappa shape index (κ2) is 4.10. The number of aromatic nitrogens is 3. The second-order valence-corrected chi connectivity index (χ2v) is 4.73. The molecule has 0 saturated heterocycles. The summed E-state index contributed by atoms with van der Waals surface area (Å²) < 4.78 is 1.58. The quantitative estimate of drug-likeness (QED) is 0.924. The molecule has 1 aromatic heterocycles. The molecular weight excluding hydrogens is 254 g/mol. The average molecular weight is 264 g/mol. The summed E-state index contributed by atoms with van der Waals surface area (Å²) in [5, 5.41) is 17.4. The van der Waals surface area contributed by atoms with Gasteiger partial charge in [0.1, 0.15) is 0 Å². The van der Waals surface area contributed by atoms with Crippen molar-refractivity contribution in [1.29, 1.82) is 0 Å². The third-order valence-corrected chi connectivity index (χ3v) is 3.16. The Balaban J connectivity index is 2.15. The molecule has 2 aromatic rings. The van der Waals surface area contributed by atoms with Crippen LogP contribution in [-0.4, -0.2) is 26.1 Å². The van der Waals surface area contributed by atoms with Crippen LogP contribution in [0.3, 0.4) is 0 Å². The van der Waals surface area contributed by atoms with Gasteiger partial charge in [0.2, 0.25) is 0 Å². The van der Waals surface area contributed by atoms with Gasteiger partial charge in [-0.3, -0.25) is 0 Å². The maximum Gasteiger partial charge on any atom is 0.358 e. The van der Waals surface area contributed by atoms with Gasteiger partial charge in [0, 0.05) is 10.9 Å². The van der Waals surface area contributed by atoms with Gasteiger partial charge in [-0.05, 0) is 31.0 Å². The van der Waals surface area contributed by atoms with E-state index < -0.39 is 5.97 Å². The van der Waals surface area contributed by atoms with Crippen LogP contribution in [0.25, 0.3) is 5.69 Å². The van der Waals surface area contributed by atoms with Gasteiger partial charge in [-0.1, -0.05) is 22.9 Å². The monoisotopic (exact) mass is 263 g/mol. The average Bonchev–Trinajstić information content (AvgIpc) is 3.07. The summed E-state index contributed by atoms with van der Waals surface area (Å²) in [5.74, 6) is -0.796. The van der Waals surface area contributed by atoms with Crippen molar-refractivity contribution in [3.63, 3.8) is 0 Å². The molecular formula is C12H10ClN3O2. The van der Waals surface area contributed by atoms with Crippen molar-refractivity contribution < 1.29 is 9.90 Å². The molecule has 1 aromatic carbocycles. The van der Waals surface area contributed by atoms with Crippen LogP contribution in [0.5, 0.6) is 0 Å². The van der Waals surface area contributed by atoms with Gasteiger partial charge in [-0.2, -0.15) is 0 Å². The fourth-order valence-corrected chi connectivity index (χ4v) is 2.15. The molecule has 0 bridgehead atoms. The minimum Gasteiger partial charge on any atom is -0.476 e. The van der Waals surface area contributed by atoms with E-state index in [4.69, 9.17) is 16.7 Å². The van der Waals surface area contributed by atoms with E-state index in [0.717, 1.165) is 18.5 Å². The van der Waals surface area contributed by atoms with Crippen LogP contribution >= 0.6 is 11.6 Å². The number of aromatic carboxylic acids is 1. The molecule has 0 amide bonds. The number of hydrogen-bond donors (Lipinski definition) is 1. The summed E-state index contributed by atoms with van der Waals surface area (Å²) in [4.78, 5) is 11.1. The minimum absolute atomic E-state index is 0.0393. The summed E-state index contributed by atoms with van der Waals surface area (Å²) in [7, 11) is 0. The first-order valence-corrected chi connectivity index (χ1v) is 5.99.